The van der Waals surface area contributed by atoms with Gasteiger partial charge in [0.05, 0.1) is 35.5 Å². The van der Waals surface area contributed by atoms with Crippen LogP contribution in [0.5, 0.6) is 5.75 Å². The average Bonchev–Trinajstić information content (AvgIpc) is 3.29. The molecule has 1 atom stereocenters. The minimum Gasteiger partial charge on any atom is -0.488 e. The largest absolute Gasteiger partial charge is 1.00 e. The molecule has 7 nitrogen and oxygen atoms in total. The summed E-state index contributed by atoms with van der Waals surface area (Å²) < 4.78 is 29.7. The molecule has 1 aliphatic heterocycles. The Morgan fingerprint density at radius 3 is 2.75 bits per heavy atom. The number of hydrogen-bond acceptors (Lipinski definition) is 6. The van der Waals surface area contributed by atoms with E-state index in [-0.39, 0.29) is 41.9 Å². The molecule has 1 aliphatic rings. The van der Waals surface area contributed by atoms with E-state index in [1.165, 1.54) is 0 Å². The fourth-order valence-electron chi connectivity index (χ4n) is 2.88. The van der Waals surface area contributed by atoms with Crippen LogP contribution in [-0.4, -0.2) is 39.8 Å². The fraction of sp³-hybridized carbons (Fsp3) is 0.368. The molecule has 0 aliphatic carbocycles. The van der Waals surface area contributed by atoms with Crippen LogP contribution in [0, 0.1) is 6.92 Å². The predicted octanol–water partition coefficient (Wildman–Crippen LogP) is -0.651. The number of ether oxygens (including phenoxy) is 3. The van der Waals surface area contributed by atoms with Gasteiger partial charge >= 0.3 is 29.6 Å². The minimum absolute atomic E-state index is 0. The van der Waals surface area contributed by atoms with Crippen LogP contribution < -0.4 is 39.3 Å². The van der Waals surface area contributed by atoms with E-state index < -0.39 is 16.6 Å². The third kappa shape index (κ3) is 4.64. The van der Waals surface area contributed by atoms with Gasteiger partial charge in [0.15, 0.2) is 5.79 Å². The molecule has 4 rings (SSSR count). The van der Waals surface area contributed by atoms with Gasteiger partial charge in [-0.15, -0.1) is 0 Å². The van der Waals surface area contributed by atoms with Crippen molar-refractivity contribution in [1.29, 1.82) is 0 Å². The first kappa shape index (κ1) is 21.4. The summed E-state index contributed by atoms with van der Waals surface area (Å²) in [4.78, 5) is 13.1. The number of benzene rings is 1. The molecule has 0 saturated carbocycles. The van der Waals surface area contributed by atoms with Gasteiger partial charge in [0.25, 0.3) is 0 Å². The Morgan fingerprint density at radius 2 is 2.00 bits per heavy atom. The Balaban J connectivity index is 0.00000225. The molecule has 9 heteroatoms. The van der Waals surface area contributed by atoms with E-state index in [0.717, 1.165) is 16.6 Å². The number of pyridine rings is 1. The summed E-state index contributed by atoms with van der Waals surface area (Å²) in [7, 11) is -1.39. The van der Waals surface area contributed by atoms with Crippen molar-refractivity contribution >= 4 is 21.8 Å². The first-order chi connectivity index (χ1) is 13.0. The Kier molecular flexibility index (Phi) is 6.90. The van der Waals surface area contributed by atoms with Gasteiger partial charge in [-0.1, -0.05) is 24.3 Å². The molecule has 1 aromatic carbocycles. The molecule has 1 unspecified atom stereocenters. The van der Waals surface area contributed by atoms with Gasteiger partial charge in [-0.05, 0) is 30.9 Å². The predicted molar refractivity (Wildman–Crippen MR) is 100.0 cm³/mol. The first-order valence-electron chi connectivity index (χ1n) is 8.67. The number of aromatic nitrogens is 3. The SMILES string of the molecule is Cc1c(OCC2(C)OCCO2)ccnc1CS(=O)c1nc2ccccc2[n-]1.[Na+]. The van der Waals surface area contributed by atoms with Crippen molar-refractivity contribution < 1.29 is 48.0 Å². The van der Waals surface area contributed by atoms with Crippen LogP contribution in [0.25, 0.3) is 11.0 Å². The van der Waals surface area contributed by atoms with E-state index >= 15 is 0 Å². The van der Waals surface area contributed by atoms with Gasteiger partial charge in [-0.3, -0.25) is 9.19 Å². The monoisotopic (exact) mass is 409 g/mol. The van der Waals surface area contributed by atoms with Crippen molar-refractivity contribution in [2.45, 2.75) is 30.5 Å². The zero-order valence-electron chi connectivity index (χ0n) is 16.2. The average molecular weight is 409 g/mol. The van der Waals surface area contributed by atoms with Crippen molar-refractivity contribution in [1.82, 2.24) is 15.0 Å². The third-order valence-electron chi connectivity index (χ3n) is 4.43. The van der Waals surface area contributed by atoms with Gasteiger partial charge in [0, 0.05) is 16.9 Å². The second kappa shape index (κ2) is 9.02. The van der Waals surface area contributed by atoms with Crippen molar-refractivity contribution in [2.75, 3.05) is 19.8 Å². The van der Waals surface area contributed by atoms with Crippen molar-refractivity contribution in [3.8, 4) is 5.75 Å². The second-order valence-electron chi connectivity index (χ2n) is 6.48. The number of nitrogens with zero attached hydrogens (tertiary/aromatic N) is 3. The molecule has 0 spiro atoms. The topological polar surface area (TPSA) is 84.6 Å². The number of fused-ring (bicyclic) bond motifs is 1. The molecule has 3 aromatic rings. The molecule has 28 heavy (non-hydrogen) atoms. The summed E-state index contributed by atoms with van der Waals surface area (Å²) in [5, 5.41) is 0.323. The zero-order chi connectivity index (χ0) is 18.9. The molecular formula is C19H20N3NaO4S. The summed E-state index contributed by atoms with van der Waals surface area (Å²) in [6, 6.07) is 9.26. The molecule has 3 heterocycles. The van der Waals surface area contributed by atoms with E-state index in [0.29, 0.717) is 29.8 Å². The van der Waals surface area contributed by atoms with Gasteiger partial charge in [0.2, 0.25) is 0 Å². The summed E-state index contributed by atoms with van der Waals surface area (Å²) >= 11 is 0. The van der Waals surface area contributed by atoms with E-state index in [9.17, 15) is 4.21 Å². The smallest absolute Gasteiger partial charge is 0.488 e. The Morgan fingerprint density at radius 1 is 1.25 bits per heavy atom. The van der Waals surface area contributed by atoms with Crippen LogP contribution in [0.3, 0.4) is 0 Å². The van der Waals surface area contributed by atoms with Crippen molar-refractivity contribution in [2.24, 2.45) is 0 Å². The van der Waals surface area contributed by atoms with E-state index in [4.69, 9.17) is 14.2 Å². The molecule has 2 aromatic heterocycles. The van der Waals surface area contributed by atoms with E-state index in [2.05, 4.69) is 15.0 Å². The molecule has 1 saturated heterocycles. The molecule has 0 N–H and O–H groups in total. The summed E-state index contributed by atoms with van der Waals surface area (Å²) in [6.07, 6.45) is 1.65. The van der Waals surface area contributed by atoms with Crippen LogP contribution in [0.15, 0.2) is 41.7 Å². The summed E-state index contributed by atoms with van der Waals surface area (Å²) in [6.45, 7) is 5.15. The van der Waals surface area contributed by atoms with Gasteiger partial charge in [-0.25, -0.2) is 0 Å². The normalized spacial score (nSPS) is 16.6. The summed E-state index contributed by atoms with van der Waals surface area (Å²) in [5.41, 5.74) is 3.02. The van der Waals surface area contributed by atoms with Crippen molar-refractivity contribution in [3.05, 3.63) is 47.8 Å². The maximum absolute atomic E-state index is 12.7. The first-order valence-corrected chi connectivity index (χ1v) is 9.99. The van der Waals surface area contributed by atoms with Gasteiger partial charge < -0.3 is 24.2 Å². The number of rotatable bonds is 6. The Labute approximate surface area is 187 Å². The number of hydrogen-bond donors (Lipinski definition) is 0. The minimum atomic E-state index is -1.39. The van der Waals surface area contributed by atoms with Crippen LogP contribution >= 0.6 is 0 Å². The number of imidazole rings is 1. The molecule has 0 bridgehead atoms. The standard InChI is InChI=1S/C19H20N3O4S.Na/c1-13-16(11-27(23)18-21-14-5-3-4-6-15(14)22-18)20-8-7-17(13)24-12-19(2)25-9-10-26-19;/h3-8H,9-12H2,1-2H3;/q-1;+1. The fourth-order valence-corrected chi connectivity index (χ4v) is 3.95. The van der Waals surface area contributed by atoms with Crippen LogP contribution in [0.2, 0.25) is 0 Å². The number of para-hydroxylation sites is 2. The third-order valence-corrected chi connectivity index (χ3v) is 5.56. The summed E-state index contributed by atoms with van der Waals surface area (Å²) in [5.74, 6) is 0.164. The Hall–Kier alpha value is -1.29. The molecule has 142 valence electrons. The van der Waals surface area contributed by atoms with Crippen LogP contribution in [-0.2, 0) is 26.0 Å². The maximum Gasteiger partial charge on any atom is 1.00 e. The Bertz CT molecular complexity index is 955. The zero-order valence-corrected chi connectivity index (χ0v) is 19.0. The molecule has 1 fully saturated rings. The van der Waals surface area contributed by atoms with Crippen LogP contribution in [0.4, 0.5) is 0 Å². The van der Waals surface area contributed by atoms with Gasteiger partial charge in [0.1, 0.15) is 12.4 Å². The van der Waals surface area contributed by atoms with Gasteiger partial charge in [-0.2, -0.15) is 0 Å². The molecule has 0 radical (unpaired) electrons. The van der Waals surface area contributed by atoms with Crippen LogP contribution in [0.1, 0.15) is 18.2 Å². The molecule has 0 amide bonds. The van der Waals surface area contributed by atoms with E-state index in [1.54, 1.807) is 12.3 Å². The van der Waals surface area contributed by atoms with E-state index in [1.807, 2.05) is 38.1 Å². The maximum atomic E-state index is 12.7. The molecular weight excluding hydrogens is 389 g/mol. The quantitative estimate of drug-likeness (QED) is 0.500. The van der Waals surface area contributed by atoms with Crippen molar-refractivity contribution in [3.63, 3.8) is 0 Å². The second-order valence-corrected chi connectivity index (χ2v) is 7.83.